The molecule has 0 bridgehead atoms. The second kappa shape index (κ2) is 5.78. The molecule has 0 aromatic carbocycles. The van der Waals surface area contributed by atoms with E-state index in [1.807, 2.05) is 0 Å². The van der Waals surface area contributed by atoms with E-state index in [1.54, 1.807) is 0 Å². The van der Waals surface area contributed by atoms with Crippen LogP contribution in [-0.2, 0) is 0 Å². The van der Waals surface area contributed by atoms with Crippen LogP contribution in [0.1, 0.15) is 66.2 Å². The summed E-state index contributed by atoms with van der Waals surface area (Å²) >= 11 is 0. The molecule has 0 saturated heterocycles. The predicted molar refractivity (Wildman–Crippen MR) is 64.4 cm³/mol. The monoisotopic (exact) mass is 196 g/mol. The topological polar surface area (TPSA) is 0 Å². The van der Waals surface area contributed by atoms with E-state index in [-0.39, 0.29) is 0 Å². The molecule has 0 heterocycles. The van der Waals surface area contributed by atoms with Crippen molar-refractivity contribution in [2.45, 2.75) is 66.2 Å². The molecule has 4 atom stereocenters. The van der Waals surface area contributed by atoms with Crippen molar-refractivity contribution in [2.24, 2.45) is 23.7 Å². The number of rotatable bonds is 0. The predicted octanol–water partition coefficient (Wildman–Crippen LogP) is 4.89. The van der Waals surface area contributed by atoms with E-state index >= 15 is 0 Å². The van der Waals surface area contributed by atoms with Crippen molar-refractivity contribution < 1.29 is 0 Å². The van der Waals surface area contributed by atoms with Gasteiger partial charge in [-0.25, -0.2) is 0 Å². The van der Waals surface area contributed by atoms with E-state index < -0.39 is 0 Å². The first-order valence-corrected chi connectivity index (χ1v) is 6.61. The average Bonchev–Trinajstić information content (AvgIpc) is 2.18. The van der Waals surface area contributed by atoms with Crippen LogP contribution in [0.5, 0.6) is 0 Å². The second-order valence-corrected chi connectivity index (χ2v) is 5.78. The van der Waals surface area contributed by atoms with Crippen LogP contribution in [0.15, 0.2) is 0 Å². The van der Waals surface area contributed by atoms with Gasteiger partial charge >= 0.3 is 0 Å². The van der Waals surface area contributed by atoms with Crippen LogP contribution in [-0.4, -0.2) is 0 Å². The van der Waals surface area contributed by atoms with E-state index in [9.17, 15) is 0 Å². The highest BCUT2D eigenvalue weighted by molar-refractivity contribution is 4.71. The molecule has 0 aliphatic heterocycles. The summed E-state index contributed by atoms with van der Waals surface area (Å²) in [6.45, 7) is 9.80. The number of hydrogen-bond acceptors (Lipinski definition) is 0. The Morgan fingerprint density at radius 3 is 1.93 bits per heavy atom. The van der Waals surface area contributed by atoms with Gasteiger partial charge in [0.2, 0.25) is 0 Å². The van der Waals surface area contributed by atoms with Gasteiger partial charge in [0.05, 0.1) is 0 Å². The van der Waals surface area contributed by atoms with Crippen LogP contribution in [0.4, 0.5) is 0 Å². The third-order valence-electron chi connectivity index (χ3n) is 4.52. The molecule has 14 heavy (non-hydrogen) atoms. The Morgan fingerprint density at radius 1 is 0.643 bits per heavy atom. The molecular formula is C14H28. The van der Waals surface area contributed by atoms with Crippen molar-refractivity contribution >= 4 is 0 Å². The van der Waals surface area contributed by atoms with Crippen molar-refractivity contribution in [1.82, 2.24) is 0 Å². The highest BCUT2D eigenvalue weighted by Gasteiger charge is 2.20. The Labute approximate surface area is 90.5 Å². The normalized spacial score (nSPS) is 42.0. The molecule has 0 amide bonds. The van der Waals surface area contributed by atoms with E-state index in [2.05, 4.69) is 27.7 Å². The minimum atomic E-state index is 0.931. The van der Waals surface area contributed by atoms with E-state index in [0.29, 0.717) is 0 Å². The summed E-state index contributed by atoms with van der Waals surface area (Å²) in [5.74, 6) is 3.78. The Balaban J connectivity index is 2.46. The van der Waals surface area contributed by atoms with Crippen LogP contribution in [0.2, 0.25) is 0 Å². The third kappa shape index (κ3) is 3.63. The minimum absolute atomic E-state index is 0.931. The molecule has 0 heteroatoms. The molecule has 1 aliphatic carbocycles. The minimum Gasteiger partial charge on any atom is -0.0625 e. The number of hydrogen-bond donors (Lipinski definition) is 0. The zero-order valence-electron chi connectivity index (χ0n) is 10.6. The van der Waals surface area contributed by atoms with Gasteiger partial charge in [0.15, 0.2) is 0 Å². The van der Waals surface area contributed by atoms with Crippen LogP contribution >= 0.6 is 0 Å². The summed E-state index contributed by atoms with van der Waals surface area (Å²) < 4.78 is 0. The van der Waals surface area contributed by atoms with Gasteiger partial charge < -0.3 is 0 Å². The summed E-state index contributed by atoms with van der Waals surface area (Å²) in [5, 5.41) is 0. The van der Waals surface area contributed by atoms with Crippen molar-refractivity contribution in [2.75, 3.05) is 0 Å². The van der Waals surface area contributed by atoms with Gasteiger partial charge in [-0.2, -0.15) is 0 Å². The second-order valence-electron chi connectivity index (χ2n) is 5.78. The highest BCUT2D eigenvalue weighted by atomic mass is 14.3. The largest absolute Gasteiger partial charge is 0.0625 e. The Morgan fingerprint density at radius 2 is 1.21 bits per heavy atom. The summed E-state index contributed by atoms with van der Waals surface area (Å²) in [7, 11) is 0. The molecule has 0 N–H and O–H groups in total. The molecule has 0 radical (unpaired) electrons. The summed E-state index contributed by atoms with van der Waals surface area (Å²) in [5.41, 5.74) is 0. The van der Waals surface area contributed by atoms with E-state index in [1.165, 1.54) is 38.5 Å². The third-order valence-corrected chi connectivity index (χ3v) is 4.52. The zero-order valence-corrected chi connectivity index (χ0v) is 10.6. The van der Waals surface area contributed by atoms with Gasteiger partial charge in [-0.15, -0.1) is 0 Å². The average molecular weight is 196 g/mol. The lowest BCUT2D eigenvalue weighted by Gasteiger charge is -2.28. The summed E-state index contributed by atoms with van der Waals surface area (Å²) in [6.07, 6.45) is 8.76. The molecule has 0 nitrogen and oxygen atoms in total. The first-order chi connectivity index (χ1) is 6.61. The van der Waals surface area contributed by atoms with Gasteiger partial charge in [0.25, 0.3) is 0 Å². The van der Waals surface area contributed by atoms with E-state index in [0.717, 1.165) is 23.7 Å². The smallest absolute Gasteiger partial charge is 0.0391 e. The fourth-order valence-corrected chi connectivity index (χ4v) is 2.74. The van der Waals surface area contributed by atoms with Gasteiger partial charge in [-0.05, 0) is 23.7 Å². The van der Waals surface area contributed by atoms with Crippen molar-refractivity contribution in [3.05, 3.63) is 0 Å². The fourth-order valence-electron chi connectivity index (χ4n) is 2.74. The molecule has 84 valence electrons. The maximum absolute atomic E-state index is 2.46. The Bertz CT molecular complexity index is 150. The lowest BCUT2D eigenvalue weighted by molar-refractivity contribution is 0.224. The molecule has 1 fully saturated rings. The zero-order chi connectivity index (χ0) is 10.6. The van der Waals surface area contributed by atoms with Crippen LogP contribution in [0.25, 0.3) is 0 Å². The van der Waals surface area contributed by atoms with Crippen LogP contribution < -0.4 is 0 Å². The Kier molecular flexibility index (Phi) is 4.98. The summed E-state index contributed by atoms with van der Waals surface area (Å²) in [6, 6.07) is 0. The fraction of sp³-hybridized carbons (Fsp3) is 1.00. The van der Waals surface area contributed by atoms with Gasteiger partial charge in [-0.1, -0.05) is 66.2 Å². The molecule has 1 saturated carbocycles. The quantitative estimate of drug-likeness (QED) is 0.518. The maximum atomic E-state index is 2.46. The molecule has 0 aromatic heterocycles. The SMILES string of the molecule is CC1CCCCC(C)C(C)C(C)CC1. The van der Waals surface area contributed by atoms with Crippen LogP contribution in [0.3, 0.4) is 0 Å². The molecule has 4 unspecified atom stereocenters. The lowest BCUT2D eigenvalue weighted by Crippen LogP contribution is -2.18. The molecule has 0 spiro atoms. The summed E-state index contributed by atoms with van der Waals surface area (Å²) in [4.78, 5) is 0. The van der Waals surface area contributed by atoms with Crippen molar-refractivity contribution in [3.8, 4) is 0 Å². The first-order valence-electron chi connectivity index (χ1n) is 6.61. The lowest BCUT2D eigenvalue weighted by atomic mass is 9.77. The van der Waals surface area contributed by atoms with Crippen molar-refractivity contribution in [1.29, 1.82) is 0 Å². The van der Waals surface area contributed by atoms with Crippen molar-refractivity contribution in [3.63, 3.8) is 0 Å². The molecule has 1 aliphatic rings. The highest BCUT2D eigenvalue weighted by Crippen LogP contribution is 2.31. The molecule has 0 aromatic rings. The van der Waals surface area contributed by atoms with Gasteiger partial charge in [0, 0.05) is 0 Å². The first kappa shape index (κ1) is 12.1. The standard InChI is InChI=1S/C14H28/c1-11-7-5-6-8-12(2)14(4)13(3)10-9-11/h11-14H,5-10H2,1-4H3. The molecular weight excluding hydrogens is 168 g/mol. The van der Waals surface area contributed by atoms with Crippen LogP contribution in [0, 0.1) is 23.7 Å². The van der Waals surface area contributed by atoms with Gasteiger partial charge in [0.1, 0.15) is 0 Å². The van der Waals surface area contributed by atoms with Gasteiger partial charge in [-0.3, -0.25) is 0 Å². The maximum Gasteiger partial charge on any atom is -0.0391 e. The Hall–Kier alpha value is 0. The van der Waals surface area contributed by atoms with E-state index in [4.69, 9.17) is 0 Å². The molecule has 1 rings (SSSR count).